The van der Waals surface area contributed by atoms with E-state index in [0.717, 1.165) is 17.0 Å². The Bertz CT molecular complexity index is 1710. The molecule has 176 valence electrons. The third kappa shape index (κ3) is 3.71. The number of halogens is 1. The average molecular weight is 475 g/mol. The number of benzene rings is 1. The molecule has 1 saturated heterocycles. The predicted octanol–water partition coefficient (Wildman–Crippen LogP) is 2.60. The Labute approximate surface area is 204 Å². The van der Waals surface area contributed by atoms with Crippen molar-refractivity contribution in [2.75, 3.05) is 18.8 Å². The molecular formula is C25H22FN7O2. The zero-order valence-corrected chi connectivity index (χ0v) is 18.7. The second-order valence-corrected chi connectivity index (χ2v) is 8.25. The largest absolute Gasteiger partial charge is 0.383 e. The summed E-state index contributed by atoms with van der Waals surface area (Å²) in [6.07, 6.45) is 4.34. The van der Waals surface area contributed by atoms with Gasteiger partial charge in [-0.2, -0.15) is 5.10 Å². The van der Waals surface area contributed by atoms with Crippen molar-refractivity contribution < 1.29 is 18.1 Å². The Balaban J connectivity index is 1.64. The van der Waals surface area contributed by atoms with Crippen molar-refractivity contribution in [2.45, 2.75) is 19.4 Å². The summed E-state index contributed by atoms with van der Waals surface area (Å²) < 4.78 is 40.2. The normalized spacial score (nSPS) is 17.0. The lowest BCUT2D eigenvalue weighted by Crippen LogP contribution is -2.27. The molecular weight excluding hydrogens is 449 g/mol. The number of carbonyl (C=O) groups is 2. The minimum atomic E-state index is -2.51. The number of hydrogen-bond acceptors (Lipinski definition) is 6. The molecule has 4 aromatic rings. The number of amides is 1. The van der Waals surface area contributed by atoms with Gasteiger partial charge in [-0.1, -0.05) is 12.5 Å². The van der Waals surface area contributed by atoms with Crippen LogP contribution in [0.2, 0.25) is 0 Å². The zero-order valence-electron chi connectivity index (χ0n) is 21.7. The zero-order chi connectivity index (χ0) is 27.4. The maximum Gasteiger partial charge on any atom is 0.246 e. The van der Waals surface area contributed by atoms with Gasteiger partial charge in [-0.15, -0.1) is 0 Å². The van der Waals surface area contributed by atoms with E-state index in [1.807, 2.05) is 0 Å². The fraction of sp³-hybridized carbons (Fsp3) is 0.240. The summed E-state index contributed by atoms with van der Waals surface area (Å²) >= 11 is 0. The first kappa shape index (κ1) is 18.9. The number of ketones is 1. The predicted molar refractivity (Wildman–Crippen MR) is 129 cm³/mol. The summed E-state index contributed by atoms with van der Waals surface area (Å²) in [5.41, 5.74) is 7.48. The number of aromatic nitrogens is 5. The van der Waals surface area contributed by atoms with Gasteiger partial charge in [0.25, 0.3) is 0 Å². The summed E-state index contributed by atoms with van der Waals surface area (Å²) in [7, 11) is 0. The van der Waals surface area contributed by atoms with E-state index in [9.17, 15) is 14.0 Å². The van der Waals surface area contributed by atoms with Crippen LogP contribution >= 0.6 is 0 Å². The van der Waals surface area contributed by atoms with E-state index < -0.39 is 12.8 Å². The van der Waals surface area contributed by atoms with Crippen LogP contribution in [0.25, 0.3) is 21.9 Å². The number of hydrogen-bond donors (Lipinski definition) is 1. The monoisotopic (exact) mass is 474 g/mol. The molecule has 9 nitrogen and oxygen atoms in total. The minimum Gasteiger partial charge on any atom is -0.383 e. The first-order valence-electron chi connectivity index (χ1n) is 12.3. The molecule has 0 saturated carbocycles. The lowest BCUT2D eigenvalue weighted by molar-refractivity contribution is -0.125. The van der Waals surface area contributed by atoms with Gasteiger partial charge in [-0.05, 0) is 31.4 Å². The van der Waals surface area contributed by atoms with E-state index in [1.165, 1.54) is 25.3 Å². The van der Waals surface area contributed by atoms with Crippen molar-refractivity contribution in [2.24, 2.45) is 6.98 Å². The van der Waals surface area contributed by atoms with Gasteiger partial charge in [-0.3, -0.25) is 14.3 Å². The maximum atomic E-state index is 15.0. The summed E-state index contributed by atoms with van der Waals surface area (Å²) in [4.78, 5) is 34.4. The summed E-state index contributed by atoms with van der Waals surface area (Å²) in [5.74, 6) is 4.50. The highest BCUT2D eigenvalue weighted by atomic mass is 19.1. The van der Waals surface area contributed by atoms with Crippen LogP contribution in [0.5, 0.6) is 0 Å². The number of nitrogens with zero attached hydrogens (tertiary/aromatic N) is 6. The smallest absolute Gasteiger partial charge is 0.246 e. The standard InChI is InChI=1S/C25H22FN7O2/c1-4-22(35)32-8-7-16(12-32)33-24-17(14(2)34)11-28-25(27)23(24)19(30-33)6-5-15-9-20-21(10-18(15)26)31(3)13-29-20/h4,9-11,13,16H,1,7-8,12H2,2-3H3,(H2,27,28)/t16-/m0/s1/i3D3. The van der Waals surface area contributed by atoms with Crippen LogP contribution in [0.1, 0.15) is 45.1 Å². The van der Waals surface area contributed by atoms with Gasteiger partial charge in [0, 0.05) is 36.4 Å². The van der Waals surface area contributed by atoms with Crippen LogP contribution < -0.4 is 5.73 Å². The van der Waals surface area contributed by atoms with E-state index in [2.05, 4.69) is 33.5 Å². The molecule has 4 heterocycles. The second-order valence-electron chi connectivity index (χ2n) is 8.25. The maximum absolute atomic E-state index is 15.0. The number of fused-ring (bicyclic) bond motifs is 2. The Morgan fingerprint density at radius 1 is 1.34 bits per heavy atom. The van der Waals surface area contributed by atoms with E-state index >= 15 is 0 Å². The number of imidazole rings is 1. The van der Waals surface area contributed by atoms with Crippen molar-refractivity contribution in [1.82, 2.24) is 29.2 Å². The summed E-state index contributed by atoms with van der Waals surface area (Å²) in [6.45, 7) is 3.27. The lowest BCUT2D eigenvalue weighted by atomic mass is 10.1. The number of rotatable bonds is 3. The second kappa shape index (κ2) is 8.36. The highest BCUT2D eigenvalue weighted by molar-refractivity contribution is 6.09. The molecule has 1 aliphatic rings. The summed E-state index contributed by atoms with van der Waals surface area (Å²) in [5, 5.41) is 4.98. The molecule has 0 aliphatic carbocycles. The molecule has 1 aliphatic heterocycles. The quantitative estimate of drug-likeness (QED) is 0.278. The van der Waals surface area contributed by atoms with E-state index in [-0.39, 0.29) is 45.8 Å². The number of anilines is 1. The summed E-state index contributed by atoms with van der Waals surface area (Å²) in [6, 6.07) is 2.18. The Morgan fingerprint density at radius 3 is 2.91 bits per heavy atom. The molecule has 1 fully saturated rings. The van der Waals surface area contributed by atoms with Gasteiger partial charge in [0.2, 0.25) is 5.91 Å². The van der Waals surface area contributed by atoms with Crippen molar-refractivity contribution in [1.29, 1.82) is 0 Å². The third-order valence-electron chi connectivity index (χ3n) is 6.08. The first-order chi connectivity index (χ1) is 18.0. The number of aryl methyl sites for hydroxylation is 1. The van der Waals surface area contributed by atoms with Gasteiger partial charge in [0.1, 0.15) is 17.3 Å². The van der Waals surface area contributed by atoms with Crippen LogP contribution in [0.3, 0.4) is 0 Å². The van der Waals surface area contributed by atoms with E-state index in [0.29, 0.717) is 36.0 Å². The molecule has 3 aromatic heterocycles. The van der Waals surface area contributed by atoms with E-state index in [4.69, 9.17) is 9.85 Å². The van der Waals surface area contributed by atoms with Gasteiger partial charge in [0.05, 0.1) is 45.4 Å². The number of nitrogen functional groups attached to an aromatic ring is 1. The van der Waals surface area contributed by atoms with Crippen LogP contribution in [0.15, 0.2) is 37.3 Å². The van der Waals surface area contributed by atoms with Crippen molar-refractivity contribution in [3.63, 3.8) is 0 Å². The number of Topliss-reactive ketones (excluding diaryl/α,β-unsaturated/α-hetero) is 1. The molecule has 2 N–H and O–H groups in total. The first-order valence-corrected chi connectivity index (χ1v) is 10.8. The number of pyridine rings is 1. The molecule has 0 bridgehead atoms. The molecule has 10 heteroatoms. The Hall–Kier alpha value is -4.52. The average Bonchev–Trinajstić information content (AvgIpc) is 3.59. The van der Waals surface area contributed by atoms with Crippen molar-refractivity contribution >= 4 is 39.4 Å². The van der Waals surface area contributed by atoms with Gasteiger partial charge in [-0.25, -0.2) is 14.4 Å². The molecule has 0 radical (unpaired) electrons. The molecule has 0 unspecified atom stereocenters. The van der Waals surface area contributed by atoms with E-state index in [1.54, 1.807) is 9.58 Å². The fourth-order valence-corrected chi connectivity index (χ4v) is 4.33. The Morgan fingerprint density at radius 2 is 2.17 bits per heavy atom. The van der Waals surface area contributed by atoms with Crippen LogP contribution in [-0.4, -0.2) is 54.0 Å². The third-order valence-corrected chi connectivity index (χ3v) is 6.08. The molecule has 5 rings (SSSR count). The lowest BCUT2D eigenvalue weighted by Gasteiger charge is -2.16. The van der Waals surface area contributed by atoms with Crippen molar-refractivity contribution in [3.05, 3.63) is 59.9 Å². The number of likely N-dealkylation sites (tertiary alicyclic amines) is 1. The number of carbonyl (C=O) groups excluding carboxylic acids is 2. The van der Waals surface area contributed by atoms with Gasteiger partial charge < -0.3 is 15.2 Å². The van der Waals surface area contributed by atoms with Crippen LogP contribution in [0.4, 0.5) is 10.2 Å². The fourth-order valence-electron chi connectivity index (χ4n) is 4.33. The topological polar surface area (TPSA) is 112 Å². The molecule has 1 aromatic carbocycles. The highest BCUT2D eigenvalue weighted by Gasteiger charge is 2.30. The van der Waals surface area contributed by atoms with Crippen molar-refractivity contribution in [3.8, 4) is 11.8 Å². The van der Waals surface area contributed by atoms with Gasteiger partial charge >= 0.3 is 0 Å². The number of nitrogens with two attached hydrogens (primary N) is 1. The molecule has 1 atom stereocenters. The van der Waals surface area contributed by atoms with Gasteiger partial charge in [0.15, 0.2) is 5.78 Å². The molecule has 0 spiro atoms. The SMILES string of the molecule is [2H]C([2H])([2H])n1cnc2cc(C#Cc3nn([C@H]4CCN(C(=O)C=C)C4)c4c(C(C)=O)cnc(N)c34)c(F)cc21. The molecule has 35 heavy (non-hydrogen) atoms. The minimum absolute atomic E-state index is 0.0196. The highest BCUT2D eigenvalue weighted by Crippen LogP contribution is 2.32. The van der Waals surface area contributed by atoms with Crippen LogP contribution in [-0.2, 0) is 11.8 Å². The van der Waals surface area contributed by atoms with Crippen LogP contribution in [0, 0.1) is 17.7 Å². The molecule has 1 amide bonds. The Kier molecular flexibility index (Phi) is 4.50.